The van der Waals surface area contributed by atoms with Crippen LogP contribution >= 0.6 is 0 Å². The third-order valence-corrected chi connectivity index (χ3v) is 7.36. The number of rotatable bonds is 8. The third kappa shape index (κ3) is 5.69. The molecule has 0 unspecified atom stereocenters. The Labute approximate surface area is 235 Å². The molecule has 41 heavy (non-hydrogen) atoms. The number of benzene rings is 3. The van der Waals surface area contributed by atoms with Gasteiger partial charge in [0.15, 0.2) is 6.29 Å². The van der Waals surface area contributed by atoms with Crippen molar-refractivity contribution in [2.24, 2.45) is 0 Å². The first-order valence-electron chi connectivity index (χ1n) is 13.4. The molecule has 1 fully saturated rings. The van der Waals surface area contributed by atoms with E-state index >= 15 is 4.39 Å². The zero-order valence-corrected chi connectivity index (χ0v) is 22.4. The minimum Gasteiger partial charge on any atom is -0.473 e. The minimum atomic E-state index is -1.60. The van der Waals surface area contributed by atoms with Gasteiger partial charge >= 0.3 is 0 Å². The van der Waals surface area contributed by atoms with Gasteiger partial charge < -0.3 is 24.3 Å². The van der Waals surface area contributed by atoms with Crippen LogP contribution in [-0.4, -0.2) is 38.0 Å². The molecule has 0 saturated carbocycles. The van der Waals surface area contributed by atoms with Crippen LogP contribution in [-0.2, 0) is 17.8 Å². The van der Waals surface area contributed by atoms with Gasteiger partial charge in [0, 0.05) is 35.8 Å². The largest absolute Gasteiger partial charge is 0.473 e. The molecule has 9 heteroatoms. The van der Waals surface area contributed by atoms with Crippen molar-refractivity contribution >= 4 is 11.0 Å². The third-order valence-electron chi connectivity index (χ3n) is 7.36. The number of fused-ring (bicyclic) bond motifs is 1. The number of aliphatic hydroxyl groups excluding tert-OH is 1. The molecule has 3 aromatic carbocycles. The maximum absolute atomic E-state index is 15.5. The number of halogens is 2. The molecule has 0 aliphatic carbocycles. The highest BCUT2D eigenvalue weighted by Crippen LogP contribution is 2.31. The standard InChI is InChI=1S/C32H29F2N3O4/c1-19-5-6-23(25(33)13-19)17-41-31-4-2-3-27(36-31)21-8-7-20(26(34)14-21)16-30-35-28-10-9-22(32(38)39)15-29(28)37(30)24-11-12-40-18-24/h2-10,13-15,24,32,38-39H,11-12,16-18H2,1H3/t24-/m0/s1. The Hall–Kier alpha value is -4.18. The number of aromatic nitrogens is 3. The van der Waals surface area contributed by atoms with E-state index in [9.17, 15) is 14.6 Å². The van der Waals surface area contributed by atoms with Crippen LogP contribution in [0.4, 0.5) is 8.78 Å². The van der Waals surface area contributed by atoms with Gasteiger partial charge in [-0.2, -0.15) is 0 Å². The fourth-order valence-electron chi connectivity index (χ4n) is 5.18. The second kappa shape index (κ2) is 11.4. The van der Waals surface area contributed by atoms with E-state index in [2.05, 4.69) is 4.98 Å². The van der Waals surface area contributed by atoms with Crippen molar-refractivity contribution in [3.8, 4) is 17.1 Å². The summed E-state index contributed by atoms with van der Waals surface area (Å²) >= 11 is 0. The number of imidazole rings is 1. The lowest BCUT2D eigenvalue weighted by atomic mass is 10.0. The summed E-state index contributed by atoms with van der Waals surface area (Å²) in [4.78, 5) is 9.26. The summed E-state index contributed by atoms with van der Waals surface area (Å²) < 4.78 is 43.0. The highest BCUT2D eigenvalue weighted by atomic mass is 19.1. The molecule has 0 bridgehead atoms. The molecule has 210 valence electrons. The summed E-state index contributed by atoms with van der Waals surface area (Å²) in [5.41, 5.74) is 4.65. The fourth-order valence-corrected chi connectivity index (χ4v) is 5.18. The maximum Gasteiger partial charge on any atom is 0.214 e. The van der Waals surface area contributed by atoms with Crippen molar-refractivity contribution in [3.05, 3.63) is 113 Å². The fraction of sp³-hybridized carbons (Fsp3) is 0.250. The molecule has 2 aromatic heterocycles. The van der Waals surface area contributed by atoms with Crippen molar-refractivity contribution in [3.63, 3.8) is 0 Å². The minimum absolute atomic E-state index is 0.0174. The van der Waals surface area contributed by atoms with Gasteiger partial charge in [-0.3, -0.25) is 0 Å². The summed E-state index contributed by atoms with van der Waals surface area (Å²) in [5.74, 6) is 0.250. The number of pyridine rings is 1. The Kier molecular flexibility index (Phi) is 7.49. The van der Waals surface area contributed by atoms with Crippen molar-refractivity contribution in [1.82, 2.24) is 14.5 Å². The SMILES string of the molecule is Cc1ccc(COc2cccc(-c3ccc(Cc4nc5ccc(C(O)O)cc5n4[C@H]4CCOC4)c(F)c3)n2)c(F)c1. The van der Waals surface area contributed by atoms with Gasteiger partial charge in [0.25, 0.3) is 0 Å². The number of hydrogen-bond donors (Lipinski definition) is 2. The highest BCUT2D eigenvalue weighted by molar-refractivity contribution is 5.77. The molecule has 1 aliphatic rings. The first-order chi connectivity index (χ1) is 19.9. The van der Waals surface area contributed by atoms with Gasteiger partial charge in [-0.05, 0) is 54.8 Å². The van der Waals surface area contributed by atoms with Crippen molar-refractivity contribution < 1.29 is 28.5 Å². The zero-order chi connectivity index (χ0) is 28.5. The molecule has 3 heterocycles. The van der Waals surface area contributed by atoms with E-state index in [1.54, 1.807) is 54.6 Å². The van der Waals surface area contributed by atoms with Crippen molar-refractivity contribution in [2.75, 3.05) is 13.2 Å². The maximum atomic E-state index is 15.5. The van der Waals surface area contributed by atoms with Crippen LogP contribution in [0.1, 0.15) is 46.8 Å². The lowest BCUT2D eigenvalue weighted by Crippen LogP contribution is -2.13. The predicted octanol–water partition coefficient (Wildman–Crippen LogP) is 5.80. The molecule has 1 saturated heterocycles. The summed E-state index contributed by atoms with van der Waals surface area (Å²) in [7, 11) is 0. The molecule has 0 radical (unpaired) electrons. The van der Waals surface area contributed by atoms with Gasteiger partial charge in [-0.1, -0.05) is 36.4 Å². The van der Waals surface area contributed by atoms with Crippen LogP contribution in [0.15, 0.2) is 72.8 Å². The van der Waals surface area contributed by atoms with Gasteiger partial charge in [0.05, 0.1) is 29.4 Å². The van der Waals surface area contributed by atoms with Gasteiger partial charge in [0.1, 0.15) is 24.1 Å². The lowest BCUT2D eigenvalue weighted by Gasteiger charge is -2.16. The molecule has 1 aliphatic heterocycles. The predicted molar refractivity (Wildman–Crippen MR) is 149 cm³/mol. The Bertz CT molecular complexity index is 1710. The van der Waals surface area contributed by atoms with E-state index in [1.165, 1.54) is 12.1 Å². The molecule has 5 aromatic rings. The second-order valence-corrected chi connectivity index (χ2v) is 10.3. The van der Waals surface area contributed by atoms with Crippen LogP contribution in [0.25, 0.3) is 22.3 Å². The second-order valence-electron chi connectivity index (χ2n) is 10.3. The molecular formula is C32H29F2N3O4. The molecule has 1 atom stereocenters. The van der Waals surface area contributed by atoms with E-state index in [1.807, 2.05) is 17.6 Å². The smallest absolute Gasteiger partial charge is 0.214 e. The van der Waals surface area contributed by atoms with Gasteiger partial charge in [-0.25, -0.2) is 18.7 Å². The number of ether oxygens (including phenoxy) is 2. The van der Waals surface area contributed by atoms with Crippen molar-refractivity contribution in [2.45, 2.75) is 38.7 Å². The lowest BCUT2D eigenvalue weighted by molar-refractivity contribution is -0.0424. The zero-order valence-electron chi connectivity index (χ0n) is 22.4. The van der Waals surface area contributed by atoms with E-state index in [0.29, 0.717) is 58.4 Å². The summed E-state index contributed by atoms with van der Waals surface area (Å²) in [6.07, 6.45) is -0.573. The summed E-state index contributed by atoms with van der Waals surface area (Å²) in [6, 6.07) is 20.2. The van der Waals surface area contributed by atoms with E-state index < -0.39 is 12.1 Å². The summed E-state index contributed by atoms with van der Waals surface area (Å²) in [5, 5.41) is 19.4. The van der Waals surface area contributed by atoms with Crippen LogP contribution in [0.2, 0.25) is 0 Å². The van der Waals surface area contributed by atoms with Crippen LogP contribution in [0, 0.1) is 18.6 Å². The first kappa shape index (κ1) is 27.0. The monoisotopic (exact) mass is 557 g/mol. The van der Waals surface area contributed by atoms with E-state index in [4.69, 9.17) is 14.5 Å². The van der Waals surface area contributed by atoms with Gasteiger partial charge in [0.2, 0.25) is 5.88 Å². The topological polar surface area (TPSA) is 89.6 Å². The number of hydrogen-bond acceptors (Lipinski definition) is 6. The van der Waals surface area contributed by atoms with E-state index in [0.717, 1.165) is 17.5 Å². The Balaban J connectivity index is 1.25. The average Bonchev–Trinajstić information content (AvgIpc) is 3.61. The summed E-state index contributed by atoms with van der Waals surface area (Å²) in [6.45, 7) is 2.97. The highest BCUT2D eigenvalue weighted by Gasteiger charge is 2.24. The first-order valence-corrected chi connectivity index (χ1v) is 13.4. The van der Waals surface area contributed by atoms with Crippen LogP contribution < -0.4 is 4.74 Å². The van der Waals surface area contributed by atoms with Crippen molar-refractivity contribution in [1.29, 1.82) is 0 Å². The van der Waals surface area contributed by atoms with E-state index in [-0.39, 0.29) is 24.9 Å². The Morgan fingerprint density at radius 3 is 2.56 bits per heavy atom. The Morgan fingerprint density at radius 2 is 1.80 bits per heavy atom. The molecule has 0 amide bonds. The molecule has 6 rings (SSSR count). The number of aliphatic hydroxyl groups is 2. The van der Waals surface area contributed by atoms with Crippen LogP contribution in [0.5, 0.6) is 5.88 Å². The molecule has 7 nitrogen and oxygen atoms in total. The molecule has 2 N–H and O–H groups in total. The molecular weight excluding hydrogens is 528 g/mol. The average molecular weight is 558 g/mol. The number of aryl methyl sites for hydroxylation is 1. The molecule has 0 spiro atoms. The normalized spacial score (nSPS) is 15.2. The van der Waals surface area contributed by atoms with Gasteiger partial charge in [-0.15, -0.1) is 0 Å². The quantitative estimate of drug-likeness (QED) is 0.235. The number of nitrogens with zero attached hydrogens (tertiary/aromatic N) is 3. The van der Waals surface area contributed by atoms with Crippen LogP contribution in [0.3, 0.4) is 0 Å². The Morgan fingerprint density at radius 1 is 0.976 bits per heavy atom.